The van der Waals surface area contributed by atoms with Gasteiger partial charge in [-0.25, -0.2) is 0 Å². The predicted octanol–water partition coefficient (Wildman–Crippen LogP) is 13.8. The van der Waals surface area contributed by atoms with Crippen molar-refractivity contribution in [1.29, 1.82) is 0 Å². The van der Waals surface area contributed by atoms with E-state index in [1.807, 2.05) is 60.7 Å². The van der Waals surface area contributed by atoms with E-state index in [0.29, 0.717) is 11.5 Å². The number of benzene rings is 12. The second-order valence-electron chi connectivity index (χ2n) is 17.0. The largest absolute Gasteiger partial charge is 0.489 e. The van der Waals surface area contributed by atoms with Gasteiger partial charge in [0.05, 0.1) is 12.8 Å². The number of esters is 2. The highest BCUT2D eigenvalue weighted by Gasteiger charge is 2.21. The summed E-state index contributed by atoms with van der Waals surface area (Å²) in [5, 5.41) is 18.0. The van der Waals surface area contributed by atoms with Crippen molar-refractivity contribution < 1.29 is 28.5 Å². The topological polar surface area (TPSA) is 71.1 Å². The molecule has 0 spiro atoms. The maximum absolute atomic E-state index is 13.4. The van der Waals surface area contributed by atoms with Crippen molar-refractivity contribution in [1.82, 2.24) is 0 Å². The van der Waals surface area contributed by atoms with E-state index >= 15 is 0 Å². The van der Waals surface area contributed by atoms with E-state index in [2.05, 4.69) is 121 Å². The molecule has 0 unspecified atom stereocenters. The van der Waals surface area contributed by atoms with Gasteiger partial charge in [-0.1, -0.05) is 170 Å². The maximum atomic E-state index is 13.4. The summed E-state index contributed by atoms with van der Waals surface area (Å²) in [6, 6.07) is 62.4. The Morgan fingerprint density at radius 2 is 0.652 bits per heavy atom. The Kier molecular flexibility index (Phi) is 9.79. The van der Waals surface area contributed by atoms with Crippen molar-refractivity contribution in [2.24, 2.45) is 0 Å². The van der Waals surface area contributed by atoms with E-state index in [4.69, 9.17) is 18.9 Å². The predicted molar refractivity (Wildman–Crippen MR) is 267 cm³/mol. The van der Waals surface area contributed by atoms with Gasteiger partial charge in [-0.15, -0.1) is 0 Å². The zero-order valence-corrected chi connectivity index (χ0v) is 36.0. The van der Waals surface area contributed by atoms with Crippen molar-refractivity contribution >= 4 is 98.1 Å². The summed E-state index contributed by atoms with van der Waals surface area (Å²) in [5.41, 5.74) is 3.60. The molecule has 0 N–H and O–H groups in total. The summed E-state index contributed by atoms with van der Waals surface area (Å²) in [5.74, 6) is 0.650. The van der Waals surface area contributed by atoms with Crippen LogP contribution in [0.25, 0.3) is 97.3 Å². The van der Waals surface area contributed by atoms with Gasteiger partial charge in [0.25, 0.3) is 0 Å². The third-order valence-electron chi connectivity index (χ3n) is 13.1. The van der Waals surface area contributed by atoms with Gasteiger partial charge in [0.15, 0.2) is 0 Å². The van der Waals surface area contributed by atoms with Crippen molar-refractivity contribution in [2.75, 3.05) is 26.4 Å². The lowest BCUT2D eigenvalue weighted by Crippen LogP contribution is -2.15. The Bertz CT molecular complexity index is 3550. The molecule has 0 fully saturated rings. The first-order chi connectivity index (χ1) is 32.6. The van der Waals surface area contributed by atoms with Crippen molar-refractivity contribution in [3.05, 3.63) is 193 Å². The summed E-state index contributed by atoms with van der Waals surface area (Å²) >= 11 is 0. The summed E-state index contributed by atoms with van der Waals surface area (Å²) in [6.07, 6.45) is 0.308. The zero-order valence-electron chi connectivity index (χ0n) is 36.0. The van der Waals surface area contributed by atoms with Crippen molar-refractivity contribution in [3.8, 4) is 22.6 Å². The van der Waals surface area contributed by atoms with Crippen LogP contribution in [0.5, 0.6) is 11.5 Å². The SMILES string of the molecule is O=C(Cc1ccc2ccc3cccc4ccc1c2c34)OCCOc1ccc2ccccc2c1-c1c(OCCOC(=O)Cc2ccc3ccc4cccc5ccc2c3c45)ccc2ccccc12. The number of carbonyl (C=O) groups excluding carboxylic acids is 2. The van der Waals surface area contributed by atoms with Crippen LogP contribution in [0.2, 0.25) is 0 Å². The number of hydrogen-bond acceptors (Lipinski definition) is 6. The van der Waals surface area contributed by atoms with Crippen LogP contribution in [0.3, 0.4) is 0 Å². The highest BCUT2D eigenvalue weighted by molar-refractivity contribution is 6.25. The molecule has 0 atom stereocenters. The molecule has 0 amide bonds. The molecule has 0 radical (unpaired) electrons. The molecular formula is C60H42O6. The molecule has 66 heavy (non-hydrogen) atoms. The first-order valence-electron chi connectivity index (χ1n) is 22.5. The van der Waals surface area contributed by atoms with Crippen molar-refractivity contribution in [3.63, 3.8) is 0 Å². The lowest BCUT2D eigenvalue weighted by molar-refractivity contribution is -0.144. The highest BCUT2D eigenvalue weighted by atomic mass is 16.6. The Labute approximate surface area is 380 Å². The number of carbonyl (C=O) groups is 2. The van der Waals surface area contributed by atoms with Gasteiger partial charge in [-0.05, 0) is 109 Å². The Morgan fingerprint density at radius 3 is 1.09 bits per heavy atom. The van der Waals surface area contributed by atoms with Crippen LogP contribution >= 0.6 is 0 Å². The first kappa shape index (κ1) is 39.4. The standard InChI is InChI=1S/C60H42O6/c61-53(35-45-21-19-43-17-15-39-9-5-11-41-23-27-49(45)57(43)55(39)41)65-33-31-63-51-29-25-37-7-1-3-13-47(37)59(51)60-48-14-4-2-8-38(48)26-30-52(60)64-32-34-66-54(62)36-46-22-20-44-18-16-40-10-6-12-42-24-28-50(46)58(44)56(40)42/h1-30H,31-36H2. The first-order valence-corrected chi connectivity index (χ1v) is 22.5. The van der Waals surface area contributed by atoms with Gasteiger partial charge in [0.2, 0.25) is 0 Å². The van der Waals surface area contributed by atoms with E-state index in [0.717, 1.165) is 65.3 Å². The smallest absolute Gasteiger partial charge is 0.310 e. The molecule has 6 nitrogen and oxygen atoms in total. The monoisotopic (exact) mass is 858 g/mol. The Hall–Kier alpha value is -8.22. The number of ether oxygens (including phenoxy) is 4. The van der Waals surface area contributed by atoms with Gasteiger partial charge in [-0.3, -0.25) is 9.59 Å². The van der Waals surface area contributed by atoms with Crippen LogP contribution in [0, 0.1) is 0 Å². The van der Waals surface area contributed by atoms with E-state index in [1.165, 1.54) is 43.1 Å². The lowest BCUT2D eigenvalue weighted by Gasteiger charge is -2.20. The molecule has 12 aromatic rings. The van der Waals surface area contributed by atoms with Crippen LogP contribution in [0.1, 0.15) is 11.1 Å². The van der Waals surface area contributed by atoms with Gasteiger partial charge < -0.3 is 18.9 Å². The van der Waals surface area contributed by atoms with E-state index < -0.39 is 0 Å². The number of hydrogen-bond donors (Lipinski definition) is 0. The van der Waals surface area contributed by atoms with Gasteiger partial charge >= 0.3 is 11.9 Å². The molecule has 318 valence electrons. The second-order valence-corrected chi connectivity index (χ2v) is 17.0. The average molecular weight is 859 g/mol. The molecule has 0 bridgehead atoms. The fourth-order valence-corrected chi connectivity index (χ4v) is 10.2. The van der Waals surface area contributed by atoms with Crippen LogP contribution < -0.4 is 9.47 Å². The highest BCUT2D eigenvalue weighted by Crippen LogP contribution is 2.46. The Balaban J connectivity index is 0.763. The third-order valence-corrected chi connectivity index (χ3v) is 13.1. The van der Waals surface area contributed by atoms with Gasteiger partial charge in [-0.2, -0.15) is 0 Å². The normalized spacial score (nSPS) is 11.8. The van der Waals surface area contributed by atoms with Gasteiger partial charge in [0, 0.05) is 11.1 Å². The molecule has 6 heteroatoms. The summed E-state index contributed by atoms with van der Waals surface area (Å²) in [6.45, 7) is 0.461. The minimum absolute atomic E-state index is 0.0792. The molecule has 0 aromatic heterocycles. The van der Waals surface area contributed by atoms with Crippen molar-refractivity contribution in [2.45, 2.75) is 12.8 Å². The second kappa shape index (κ2) is 16.4. The lowest BCUT2D eigenvalue weighted by atomic mass is 9.91. The van der Waals surface area contributed by atoms with E-state index in [1.54, 1.807) is 0 Å². The number of rotatable bonds is 13. The molecule has 0 saturated carbocycles. The van der Waals surface area contributed by atoms with Crippen LogP contribution in [0.15, 0.2) is 182 Å². The molecular weight excluding hydrogens is 817 g/mol. The van der Waals surface area contributed by atoms with Crippen LogP contribution in [0.4, 0.5) is 0 Å². The third kappa shape index (κ3) is 6.90. The summed E-state index contributed by atoms with van der Waals surface area (Å²) in [4.78, 5) is 26.8. The molecule has 12 aromatic carbocycles. The molecule has 0 aliphatic heterocycles. The van der Waals surface area contributed by atoms with E-state index in [9.17, 15) is 9.59 Å². The molecule has 0 saturated heterocycles. The van der Waals surface area contributed by atoms with Crippen LogP contribution in [-0.4, -0.2) is 38.4 Å². The maximum Gasteiger partial charge on any atom is 0.310 e. The zero-order chi connectivity index (χ0) is 44.1. The molecule has 12 rings (SSSR count). The van der Waals surface area contributed by atoms with Crippen LogP contribution in [-0.2, 0) is 31.9 Å². The average Bonchev–Trinajstić information content (AvgIpc) is 3.36. The minimum atomic E-state index is -0.311. The summed E-state index contributed by atoms with van der Waals surface area (Å²) in [7, 11) is 0. The molecule has 0 aliphatic rings. The molecule has 0 heterocycles. The van der Waals surface area contributed by atoms with Gasteiger partial charge in [0.1, 0.15) is 37.9 Å². The quantitative estimate of drug-likeness (QED) is 0.0653. The minimum Gasteiger partial charge on any atom is -0.489 e. The fraction of sp³-hybridized carbons (Fsp3) is 0.100. The number of fused-ring (bicyclic) bond motifs is 2. The molecule has 0 aliphatic carbocycles. The summed E-state index contributed by atoms with van der Waals surface area (Å²) < 4.78 is 24.7. The van der Waals surface area contributed by atoms with E-state index in [-0.39, 0.29) is 51.2 Å². The fourth-order valence-electron chi connectivity index (χ4n) is 10.2. The Morgan fingerprint density at radius 1 is 0.303 bits per heavy atom.